The highest BCUT2D eigenvalue weighted by Gasteiger charge is 2.26. The fourth-order valence-electron chi connectivity index (χ4n) is 1.39. The molecule has 92 valence electrons. The average Bonchev–Trinajstić information content (AvgIpc) is 2.23. The van der Waals surface area contributed by atoms with Crippen LogP contribution in [-0.2, 0) is 4.79 Å². The van der Waals surface area contributed by atoms with Crippen molar-refractivity contribution >= 4 is 23.2 Å². The molecule has 0 bridgehead atoms. The molecule has 0 aromatic heterocycles. The zero-order valence-electron chi connectivity index (χ0n) is 9.04. The minimum absolute atomic E-state index is 0.214. The summed E-state index contributed by atoms with van der Waals surface area (Å²) < 4.78 is 39.5. The van der Waals surface area contributed by atoms with Crippen molar-refractivity contribution in [1.82, 2.24) is 0 Å². The monoisotopic (exact) mass is 264 g/mol. The van der Waals surface area contributed by atoms with Gasteiger partial charge in [0, 0.05) is 0 Å². The maximum atomic E-state index is 13.4. The molecule has 0 amide bonds. The number of hydrogen-bond acceptors (Lipinski definition) is 2. The van der Waals surface area contributed by atoms with Crippen LogP contribution in [-0.4, -0.2) is 11.6 Å². The van der Waals surface area contributed by atoms with Crippen LogP contribution in [0.4, 0.5) is 13.2 Å². The summed E-state index contributed by atoms with van der Waals surface area (Å²) in [5.41, 5.74) is -0.890. The summed E-state index contributed by atoms with van der Waals surface area (Å²) in [5.74, 6) is -6.40. The van der Waals surface area contributed by atoms with Crippen molar-refractivity contribution in [3.63, 3.8) is 0 Å². The molecule has 0 saturated heterocycles. The minimum Gasteiger partial charge on any atom is -0.300 e. The lowest BCUT2D eigenvalue weighted by molar-refractivity contribution is -0.116. The van der Waals surface area contributed by atoms with E-state index in [1.807, 2.05) is 0 Å². The number of benzene rings is 1. The molecule has 0 aliphatic heterocycles. The molecule has 1 aromatic rings. The largest absolute Gasteiger partial charge is 0.300 e. The Bertz CT molecular complexity index is 483. The van der Waals surface area contributed by atoms with Gasteiger partial charge in [-0.2, -0.15) is 0 Å². The first kappa shape index (κ1) is 13.7. The summed E-state index contributed by atoms with van der Waals surface area (Å²) in [4.78, 5) is 22.2. The van der Waals surface area contributed by atoms with E-state index in [0.717, 1.165) is 6.92 Å². The number of Topliss-reactive ketones (excluding diaryl/α,β-unsaturated/α-hetero) is 2. The van der Waals surface area contributed by atoms with E-state index in [0.29, 0.717) is 0 Å². The Labute approximate surface area is 100 Å². The summed E-state index contributed by atoms with van der Waals surface area (Å²) in [5, 5.41) is -0.657. The molecule has 0 N–H and O–H groups in total. The van der Waals surface area contributed by atoms with E-state index >= 15 is 0 Å². The first-order valence-corrected chi connectivity index (χ1v) is 5.00. The van der Waals surface area contributed by atoms with Crippen molar-refractivity contribution in [2.75, 3.05) is 0 Å². The quantitative estimate of drug-likeness (QED) is 0.363. The van der Waals surface area contributed by atoms with E-state index in [2.05, 4.69) is 0 Å². The summed E-state index contributed by atoms with van der Waals surface area (Å²) in [6, 6.07) is 0. The maximum absolute atomic E-state index is 13.4. The number of carbonyl (C=O) groups excluding carboxylic acids is 2. The van der Waals surface area contributed by atoms with Crippen molar-refractivity contribution in [2.45, 2.75) is 20.3 Å². The second-order valence-corrected chi connectivity index (χ2v) is 3.94. The highest BCUT2D eigenvalue weighted by molar-refractivity contribution is 6.32. The lowest BCUT2D eigenvalue weighted by Crippen LogP contribution is -2.12. The number of carbonyl (C=O) groups is 2. The van der Waals surface area contributed by atoms with E-state index in [1.165, 1.54) is 6.92 Å². The van der Waals surface area contributed by atoms with Gasteiger partial charge in [0.1, 0.15) is 5.78 Å². The van der Waals surface area contributed by atoms with Gasteiger partial charge in [0.25, 0.3) is 0 Å². The van der Waals surface area contributed by atoms with E-state index in [4.69, 9.17) is 11.6 Å². The number of hydrogen-bond donors (Lipinski definition) is 0. The molecule has 0 heterocycles. The Kier molecular flexibility index (Phi) is 3.93. The first-order valence-electron chi connectivity index (χ1n) is 4.62. The van der Waals surface area contributed by atoms with Gasteiger partial charge in [-0.25, -0.2) is 13.2 Å². The molecule has 17 heavy (non-hydrogen) atoms. The van der Waals surface area contributed by atoms with E-state index in [9.17, 15) is 22.8 Å². The lowest BCUT2D eigenvalue weighted by Gasteiger charge is -2.09. The van der Waals surface area contributed by atoms with Crippen molar-refractivity contribution in [2.24, 2.45) is 0 Å². The van der Waals surface area contributed by atoms with Crippen LogP contribution in [0.3, 0.4) is 0 Å². The third-order valence-corrected chi connectivity index (χ3v) is 2.64. The Morgan fingerprint density at radius 1 is 1.12 bits per heavy atom. The molecule has 0 radical (unpaired) electrons. The van der Waals surface area contributed by atoms with Gasteiger partial charge in [-0.3, -0.25) is 9.59 Å². The van der Waals surface area contributed by atoms with Gasteiger partial charge in [0.15, 0.2) is 23.2 Å². The van der Waals surface area contributed by atoms with Crippen LogP contribution >= 0.6 is 11.6 Å². The van der Waals surface area contributed by atoms with Gasteiger partial charge >= 0.3 is 0 Å². The highest BCUT2D eigenvalue weighted by atomic mass is 35.5. The second kappa shape index (κ2) is 4.87. The smallest absolute Gasteiger partial charge is 0.196 e. The molecule has 0 aliphatic carbocycles. The van der Waals surface area contributed by atoms with Crippen LogP contribution < -0.4 is 0 Å². The Morgan fingerprint density at radius 2 is 1.65 bits per heavy atom. The van der Waals surface area contributed by atoms with Gasteiger partial charge < -0.3 is 0 Å². The normalized spacial score (nSPS) is 10.5. The molecular formula is C11H8ClF3O2. The number of halogens is 4. The van der Waals surface area contributed by atoms with Crippen molar-refractivity contribution in [3.8, 4) is 0 Å². The molecule has 0 atom stereocenters. The topological polar surface area (TPSA) is 34.1 Å². The zero-order valence-corrected chi connectivity index (χ0v) is 9.79. The summed E-state index contributed by atoms with van der Waals surface area (Å²) in [6.45, 7) is 2.31. The van der Waals surface area contributed by atoms with Crippen LogP contribution in [0.25, 0.3) is 0 Å². The second-order valence-electron chi connectivity index (χ2n) is 3.56. The average molecular weight is 265 g/mol. The summed E-state index contributed by atoms with van der Waals surface area (Å²) >= 11 is 5.42. The van der Waals surface area contributed by atoms with Gasteiger partial charge in [-0.05, 0) is 19.4 Å². The van der Waals surface area contributed by atoms with E-state index in [-0.39, 0.29) is 5.56 Å². The van der Waals surface area contributed by atoms with Crippen molar-refractivity contribution < 1.29 is 22.8 Å². The molecule has 0 fully saturated rings. The Morgan fingerprint density at radius 3 is 2.12 bits per heavy atom. The van der Waals surface area contributed by atoms with E-state index in [1.54, 1.807) is 0 Å². The SMILES string of the molecule is CC(=O)CC(=O)c1c(C)c(Cl)c(F)c(F)c1F. The Hall–Kier alpha value is -1.36. The predicted molar refractivity (Wildman–Crippen MR) is 55.7 cm³/mol. The third-order valence-electron chi connectivity index (χ3n) is 2.19. The fraction of sp³-hybridized carbons (Fsp3) is 0.273. The summed E-state index contributed by atoms with van der Waals surface area (Å²) in [7, 11) is 0. The van der Waals surface area contributed by atoms with Crippen LogP contribution in [0.15, 0.2) is 0 Å². The van der Waals surface area contributed by atoms with Gasteiger partial charge in [-0.1, -0.05) is 11.6 Å². The lowest BCUT2D eigenvalue weighted by atomic mass is 10.00. The predicted octanol–water partition coefficient (Wildman–Crippen LogP) is 3.23. The van der Waals surface area contributed by atoms with Gasteiger partial charge in [-0.15, -0.1) is 0 Å². The van der Waals surface area contributed by atoms with Crippen molar-refractivity contribution in [3.05, 3.63) is 33.6 Å². The number of rotatable bonds is 3. The molecule has 0 aliphatic rings. The molecule has 0 unspecified atom stereocenters. The van der Waals surface area contributed by atoms with Crippen LogP contribution in [0.5, 0.6) is 0 Å². The highest BCUT2D eigenvalue weighted by Crippen LogP contribution is 2.29. The molecule has 1 rings (SSSR count). The summed E-state index contributed by atoms with van der Waals surface area (Å²) in [6.07, 6.45) is -0.584. The Balaban J connectivity index is 3.44. The molecule has 1 aromatic carbocycles. The fourth-order valence-corrected chi connectivity index (χ4v) is 1.56. The molecule has 0 spiro atoms. The first-order chi connectivity index (χ1) is 7.77. The third kappa shape index (κ3) is 2.49. The maximum Gasteiger partial charge on any atom is 0.196 e. The van der Waals surface area contributed by atoms with E-state index < -0.39 is 46.0 Å². The molecule has 2 nitrogen and oxygen atoms in total. The number of ketones is 2. The minimum atomic E-state index is -1.81. The molecule has 0 saturated carbocycles. The molecule has 6 heteroatoms. The van der Waals surface area contributed by atoms with Crippen LogP contribution in [0.1, 0.15) is 29.3 Å². The van der Waals surface area contributed by atoms with Crippen LogP contribution in [0, 0.1) is 24.4 Å². The van der Waals surface area contributed by atoms with Crippen LogP contribution in [0.2, 0.25) is 5.02 Å². The molecular weight excluding hydrogens is 257 g/mol. The van der Waals surface area contributed by atoms with Gasteiger partial charge in [0.05, 0.1) is 17.0 Å². The standard InChI is InChI=1S/C11H8ClF3O2/c1-4(16)3-6(17)7-5(2)8(12)10(14)11(15)9(7)13/h3H2,1-2H3. The van der Waals surface area contributed by atoms with Gasteiger partial charge in [0.2, 0.25) is 0 Å². The van der Waals surface area contributed by atoms with Crippen molar-refractivity contribution in [1.29, 1.82) is 0 Å². The zero-order chi connectivity index (χ0) is 13.3.